The van der Waals surface area contributed by atoms with Crippen LogP contribution in [0.25, 0.3) is 0 Å². The zero-order valence-electron chi connectivity index (χ0n) is 8.86. The minimum absolute atomic E-state index is 0.389. The van der Waals surface area contributed by atoms with E-state index in [0.29, 0.717) is 6.10 Å². The Morgan fingerprint density at radius 2 is 2.07 bits per heavy atom. The Morgan fingerprint density at radius 3 is 2.64 bits per heavy atom. The molecule has 2 rings (SSSR count). The van der Waals surface area contributed by atoms with Crippen LogP contribution in [0, 0.1) is 6.92 Å². The molecule has 2 nitrogen and oxygen atoms in total. The second kappa shape index (κ2) is 4.11. The fourth-order valence-electron chi connectivity index (χ4n) is 1.76. The first-order valence-corrected chi connectivity index (χ1v) is 5.13. The lowest BCUT2D eigenvalue weighted by Crippen LogP contribution is -2.20. The lowest BCUT2D eigenvalue weighted by atomic mass is 10.1. The zero-order valence-corrected chi connectivity index (χ0v) is 8.86. The summed E-state index contributed by atoms with van der Waals surface area (Å²) < 4.78 is 5.49. The topological polar surface area (TPSA) is 12.5 Å². The SMILES string of the molecule is Cc1ccc(CN2COC(C)C2)cc1. The Labute approximate surface area is 85.5 Å². The van der Waals surface area contributed by atoms with Crippen molar-refractivity contribution >= 4 is 0 Å². The summed E-state index contributed by atoms with van der Waals surface area (Å²) in [6, 6.07) is 8.71. The molecule has 2 heteroatoms. The number of hydrogen-bond donors (Lipinski definition) is 0. The van der Waals surface area contributed by atoms with E-state index in [1.807, 2.05) is 0 Å². The largest absolute Gasteiger partial charge is 0.362 e. The molecule has 1 aromatic rings. The van der Waals surface area contributed by atoms with E-state index in [2.05, 4.69) is 43.0 Å². The molecule has 1 aromatic carbocycles. The van der Waals surface area contributed by atoms with Gasteiger partial charge < -0.3 is 4.74 Å². The summed E-state index contributed by atoms with van der Waals surface area (Å²) in [7, 11) is 0. The van der Waals surface area contributed by atoms with Crippen LogP contribution in [0.1, 0.15) is 18.1 Å². The van der Waals surface area contributed by atoms with Gasteiger partial charge in [-0.3, -0.25) is 4.90 Å². The van der Waals surface area contributed by atoms with Crippen molar-refractivity contribution in [1.82, 2.24) is 4.90 Å². The summed E-state index contributed by atoms with van der Waals surface area (Å²) in [5, 5.41) is 0. The summed E-state index contributed by atoms with van der Waals surface area (Å²) in [5.74, 6) is 0. The van der Waals surface area contributed by atoms with Gasteiger partial charge in [-0.15, -0.1) is 0 Å². The van der Waals surface area contributed by atoms with Gasteiger partial charge in [-0.2, -0.15) is 0 Å². The molecule has 14 heavy (non-hydrogen) atoms. The van der Waals surface area contributed by atoms with Gasteiger partial charge in [0, 0.05) is 13.1 Å². The van der Waals surface area contributed by atoms with Crippen molar-refractivity contribution in [2.75, 3.05) is 13.3 Å². The van der Waals surface area contributed by atoms with Crippen molar-refractivity contribution in [1.29, 1.82) is 0 Å². The zero-order chi connectivity index (χ0) is 9.97. The highest BCUT2D eigenvalue weighted by molar-refractivity contribution is 5.21. The maximum Gasteiger partial charge on any atom is 0.0998 e. The minimum atomic E-state index is 0.389. The van der Waals surface area contributed by atoms with Crippen LogP contribution in [-0.2, 0) is 11.3 Å². The molecule has 1 fully saturated rings. The molecule has 1 aliphatic rings. The van der Waals surface area contributed by atoms with E-state index >= 15 is 0 Å². The highest BCUT2D eigenvalue weighted by atomic mass is 16.5. The van der Waals surface area contributed by atoms with Crippen molar-refractivity contribution < 1.29 is 4.74 Å². The minimum Gasteiger partial charge on any atom is -0.362 e. The lowest BCUT2D eigenvalue weighted by Gasteiger charge is -2.12. The maximum absolute atomic E-state index is 5.49. The van der Waals surface area contributed by atoms with Gasteiger partial charge in [0.15, 0.2) is 0 Å². The molecule has 0 saturated carbocycles. The first kappa shape index (κ1) is 9.69. The van der Waals surface area contributed by atoms with E-state index < -0.39 is 0 Å². The summed E-state index contributed by atoms with van der Waals surface area (Å²) in [6.45, 7) is 7.06. The van der Waals surface area contributed by atoms with E-state index in [-0.39, 0.29) is 0 Å². The highest BCUT2D eigenvalue weighted by Gasteiger charge is 2.18. The van der Waals surface area contributed by atoms with Crippen LogP contribution in [0.3, 0.4) is 0 Å². The van der Waals surface area contributed by atoms with E-state index in [1.165, 1.54) is 11.1 Å². The number of ether oxygens (including phenoxy) is 1. The van der Waals surface area contributed by atoms with Crippen LogP contribution < -0.4 is 0 Å². The molecule has 0 amide bonds. The molecule has 0 bridgehead atoms. The summed E-state index contributed by atoms with van der Waals surface area (Å²) in [5.41, 5.74) is 2.69. The smallest absolute Gasteiger partial charge is 0.0998 e. The second-order valence-corrected chi connectivity index (χ2v) is 4.10. The van der Waals surface area contributed by atoms with Gasteiger partial charge >= 0.3 is 0 Å². The Morgan fingerprint density at radius 1 is 1.36 bits per heavy atom. The van der Waals surface area contributed by atoms with Gasteiger partial charge in [-0.1, -0.05) is 29.8 Å². The molecule has 0 N–H and O–H groups in total. The molecule has 1 unspecified atom stereocenters. The third kappa shape index (κ3) is 2.34. The van der Waals surface area contributed by atoms with Crippen molar-refractivity contribution in [2.45, 2.75) is 26.5 Å². The van der Waals surface area contributed by atoms with E-state index in [0.717, 1.165) is 19.8 Å². The molecule has 1 atom stereocenters. The van der Waals surface area contributed by atoms with Gasteiger partial charge in [-0.05, 0) is 19.4 Å². The van der Waals surface area contributed by atoms with Gasteiger partial charge in [-0.25, -0.2) is 0 Å². The number of nitrogens with zero attached hydrogens (tertiary/aromatic N) is 1. The predicted octanol–water partition coefficient (Wildman–Crippen LogP) is 2.17. The molecular weight excluding hydrogens is 174 g/mol. The van der Waals surface area contributed by atoms with Crippen LogP contribution >= 0.6 is 0 Å². The quantitative estimate of drug-likeness (QED) is 0.710. The average Bonchev–Trinajstić information content (AvgIpc) is 2.56. The summed E-state index contributed by atoms with van der Waals surface area (Å²) >= 11 is 0. The van der Waals surface area contributed by atoms with Crippen molar-refractivity contribution in [3.05, 3.63) is 35.4 Å². The molecule has 0 aromatic heterocycles. The lowest BCUT2D eigenvalue weighted by molar-refractivity contribution is 0.0971. The Bertz CT molecular complexity index is 294. The molecule has 1 saturated heterocycles. The fraction of sp³-hybridized carbons (Fsp3) is 0.500. The molecule has 0 spiro atoms. The van der Waals surface area contributed by atoms with E-state index in [9.17, 15) is 0 Å². The van der Waals surface area contributed by atoms with Crippen LogP contribution in [0.4, 0.5) is 0 Å². The molecular formula is C12H17NO. The van der Waals surface area contributed by atoms with Crippen molar-refractivity contribution in [3.8, 4) is 0 Å². The van der Waals surface area contributed by atoms with Crippen LogP contribution in [0.2, 0.25) is 0 Å². The molecule has 0 radical (unpaired) electrons. The fourth-order valence-corrected chi connectivity index (χ4v) is 1.76. The van der Waals surface area contributed by atoms with Crippen LogP contribution in [-0.4, -0.2) is 24.3 Å². The number of benzene rings is 1. The molecule has 1 heterocycles. The first-order chi connectivity index (χ1) is 6.74. The molecule has 76 valence electrons. The Kier molecular flexibility index (Phi) is 2.85. The third-order valence-corrected chi connectivity index (χ3v) is 2.58. The standard InChI is InChI=1S/C12H17NO/c1-10-3-5-12(6-4-10)8-13-7-11(2)14-9-13/h3-6,11H,7-9H2,1-2H3. The summed E-state index contributed by atoms with van der Waals surface area (Å²) in [6.07, 6.45) is 0.389. The number of rotatable bonds is 2. The molecule has 0 aliphatic carbocycles. The normalized spacial score (nSPS) is 22.9. The van der Waals surface area contributed by atoms with E-state index in [1.54, 1.807) is 0 Å². The number of aryl methyl sites for hydroxylation is 1. The van der Waals surface area contributed by atoms with E-state index in [4.69, 9.17) is 4.74 Å². The number of hydrogen-bond acceptors (Lipinski definition) is 2. The maximum atomic E-state index is 5.49. The summed E-state index contributed by atoms with van der Waals surface area (Å²) in [4.78, 5) is 2.33. The molecule has 1 aliphatic heterocycles. The van der Waals surface area contributed by atoms with Gasteiger partial charge in [0.25, 0.3) is 0 Å². The second-order valence-electron chi connectivity index (χ2n) is 4.10. The van der Waals surface area contributed by atoms with Crippen LogP contribution in [0.5, 0.6) is 0 Å². The first-order valence-electron chi connectivity index (χ1n) is 5.13. The van der Waals surface area contributed by atoms with Gasteiger partial charge in [0.1, 0.15) is 0 Å². The third-order valence-electron chi connectivity index (χ3n) is 2.58. The van der Waals surface area contributed by atoms with Crippen LogP contribution in [0.15, 0.2) is 24.3 Å². The Hall–Kier alpha value is -0.860. The van der Waals surface area contributed by atoms with Crippen molar-refractivity contribution in [3.63, 3.8) is 0 Å². The van der Waals surface area contributed by atoms with Gasteiger partial charge in [0.2, 0.25) is 0 Å². The van der Waals surface area contributed by atoms with Crippen molar-refractivity contribution in [2.24, 2.45) is 0 Å². The highest BCUT2D eigenvalue weighted by Crippen LogP contribution is 2.12. The monoisotopic (exact) mass is 191 g/mol. The average molecular weight is 191 g/mol. The predicted molar refractivity (Wildman–Crippen MR) is 57.0 cm³/mol. The Balaban J connectivity index is 1.94. The van der Waals surface area contributed by atoms with Gasteiger partial charge in [0.05, 0.1) is 12.8 Å².